The molecule has 0 aromatic carbocycles. The summed E-state index contributed by atoms with van der Waals surface area (Å²) >= 11 is 2.73. The van der Waals surface area contributed by atoms with E-state index in [2.05, 4.69) is 0 Å². The van der Waals surface area contributed by atoms with E-state index in [4.69, 9.17) is 5.73 Å². The minimum atomic E-state index is -2.05. The molecule has 0 saturated heterocycles. The lowest BCUT2D eigenvalue weighted by Gasteiger charge is -2.06. The van der Waals surface area contributed by atoms with Crippen LogP contribution in [-0.4, -0.2) is 18.8 Å². The van der Waals surface area contributed by atoms with Gasteiger partial charge < -0.3 is 5.73 Å². The van der Waals surface area contributed by atoms with Crippen molar-refractivity contribution < 1.29 is 4.57 Å². The maximum absolute atomic E-state index is 11.1. The molecule has 0 radical (unpaired) electrons. The average Bonchev–Trinajstić information content (AvgIpc) is 1.87. The van der Waals surface area contributed by atoms with Crippen LogP contribution in [-0.2, 0) is 4.57 Å². The number of hydrogen-bond donors (Lipinski definition) is 1. The third-order valence-corrected chi connectivity index (χ3v) is 9.26. The van der Waals surface area contributed by atoms with E-state index in [1.54, 1.807) is 0 Å². The molecule has 0 rings (SSSR count). The van der Waals surface area contributed by atoms with E-state index >= 15 is 0 Å². The Morgan fingerprint density at radius 1 is 1.50 bits per heavy atom. The van der Waals surface area contributed by atoms with Crippen LogP contribution < -0.4 is 5.73 Å². The van der Waals surface area contributed by atoms with Gasteiger partial charge in [0.2, 0.25) is 5.55 Å². The SMILES string of the molecule is CSP(=O)(CN)SC. The fourth-order valence-corrected chi connectivity index (χ4v) is 3.35. The highest BCUT2D eigenvalue weighted by molar-refractivity contribution is 8.90. The zero-order chi connectivity index (χ0) is 6.62. The maximum Gasteiger partial charge on any atom is 0.203 e. The molecule has 0 aliphatic carbocycles. The van der Waals surface area contributed by atoms with Crippen molar-refractivity contribution in [3.8, 4) is 0 Å². The fourth-order valence-electron chi connectivity index (χ4n) is 0.224. The summed E-state index contributed by atoms with van der Waals surface area (Å²) in [6, 6.07) is 0. The van der Waals surface area contributed by atoms with E-state index in [1.807, 2.05) is 12.5 Å². The largest absolute Gasteiger partial charge is 0.323 e. The van der Waals surface area contributed by atoms with Crippen molar-refractivity contribution in [2.75, 3.05) is 18.8 Å². The third kappa shape index (κ3) is 2.44. The molecule has 0 heterocycles. The van der Waals surface area contributed by atoms with Crippen molar-refractivity contribution in [1.82, 2.24) is 0 Å². The Hall–Kier alpha value is 0.890. The standard InChI is InChI=1S/C3H10NOPS2/c1-7-6(5,3-4)8-2/h3-4H2,1-2H3. The van der Waals surface area contributed by atoms with Gasteiger partial charge in [0.15, 0.2) is 0 Å². The first-order valence-electron chi connectivity index (χ1n) is 2.09. The molecule has 8 heavy (non-hydrogen) atoms. The summed E-state index contributed by atoms with van der Waals surface area (Å²) in [4.78, 5) is 0. The Bertz CT molecular complexity index is 88.4. The van der Waals surface area contributed by atoms with E-state index in [1.165, 1.54) is 22.8 Å². The topological polar surface area (TPSA) is 43.1 Å². The monoisotopic (exact) mass is 171 g/mol. The second kappa shape index (κ2) is 3.83. The second-order valence-corrected chi connectivity index (χ2v) is 9.90. The van der Waals surface area contributed by atoms with E-state index < -0.39 is 5.55 Å². The Kier molecular flexibility index (Phi) is 4.26. The van der Waals surface area contributed by atoms with Gasteiger partial charge in [-0.1, -0.05) is 22.8 Å². The molecule has 0 atom stereocenters. The van der Waals surface area contributed by atoms with Crippen LogP contribution in [0.4, 0.5) is 0 Å². The van der Waals surface area contributed by atoms with Crippen LogP contribution in [0.5, 0.6) is 0 Å². The van der Waals surface area contributed by atoms with Crippen LogP contribution in [0.15, 0.2) is 0 Å². The van der Waals surface area contributed by atoms with Gasteiger partial charge in [0.1, 0.15) is 0 Å². The Labute approximate surface area is 57.8 Å². The van der Waals surface area contributed by atoms with Crippen molar-refractivity contribution in [2.24, 2.45) is 5.73 Å². The molecule has 0 aliphatic rings. The van der Waals surface area contributed by atoms with Gasteiger partial charge in [0.25, 0.3) is 0 Å². The highest BCUT2D eigenvalue weighted by Crippen LogP contribution is 2.65. The molecule has 0 fully saturated rings. The van der Waals surface area contributed by atoms with Gasteiger partial charge in [-0.15, -0.1) is 0 Å². The minimum absolute atomic E-state index is 0.301. The van der Waals surface area contributed by atoms with Crippen LogP contribution in [0.25, 0.3) is 0 Å². The van der Waals surface area contributed by atoms with Crippen molar-refractivity contribution in [3.63, 3.8) is 0 Å². The van der Waals surface area contributed by atoms with Crippen molar-refractivity contribution in [1.29, 1.82) is 0 Å². The molecule has 50 valence electrons. The van der Waals surface area contributed by atoms with Crippen LogP contribution >= 0.6 is 28.3 Å². The number of nitrogens with two attached hydrogens (primary N) is 1. The quantitative estimate of drug-likeness (QED) is 0.658. The normalized spacial score (nSPS) is 11.9. The van der Waals surface area contributed by atoms with E-state index in [0.29, 0.717) is 6.29 Å². The van der Waals surface area contributed by atoms with Gasteiger partial charge in [-0.3, -0.25) is 4.57 Å². The van der Waals surface area contributed by atoms with Crippen LogP contribution in [0.1, 0.15) is 0 Å². The summed E-state index contributed by atoms with van der Waals surface area (Å²) in [5.74, 6) is 0. The molecule has 2 nitrogen and oxygen atoms in total. The van der Waals surface area contributed by atoms with Crippen LogP contribution in [0, 0.1) is 0 Å². The molecule has 0 aromatic heterocycles. The van der Waals surface area contributed by atoms with E-state index in [-0.39, 0.29) is 0 Å². The molecule has 0 aliphatic heterocycles. The molecule has 0 unspecified atom stereocenters. The first kappa shape index (κ1) is 8.89. The van der Waals surface area contributed by atoms with Crippen molar-refractivity contribution in [3.05, 3.63) is 0 Å². The first-order chi connectivity index (χ1) is 3.68. The summed E-state index contributed by atoms with van der Waals surface area (Å²) in [6.45, 7) is 0. The Balaban J connectivity index is 3.79. The Morgan fingerprint density at radius 3 is 1.88 bits per heavy atom. The predicted octanol–water partition coefficient (Wildman–Crippen LogP) is 1.82. The highest BCUT2D eigenvalue weighted by atomic mass is 33.1. The van der Waals surface area contributed by atoms with E-state index in [9.17, 15) is 4.57 Å². The number of rotatable bonds is 3. The molecular formula is C3H10NOPS2. The number of hydrogen-bond acceptors (Lipinski definition) is 4. The molecule has 0 bridgehead atoms. The molecule has 2 N–H and O–H groups in total. The summed E-state index contributed by atoms with van der Waals surface area (Å²) in [6.07, 6.45) is 3.95. The molecule has 0 spiro atoms. The predicted molar refractivity (Wildman–Crippen MR) is 43.7 cm³/mol. The van der Waals surface area contributed by atoms with Gasteiger partial charge in [-0.05, 0) is 12.5 Å². The van der Waals surface area contributed by atoms with Crippen LogP contribution in [0.3, 0.4) is 0 Å². The summed E-state index contributed by atoms with van der Waals surface area (Å²) in [5.41, 5.74) is 3.17. The summed E-state index contributed by atoms with van der Waals surface area (Å²) < 4.78 is 11.1. The zero-order valence-corrected chi connectivity index (χ0v) is 7.48. The van der Waals surface area contributed by atoms with E-state index in [0.717, 1.165) is 0 Å². The second-order valence-electron chi connectivity index (χ2n) is 1.16. The third-order valence-electron chi connectivity index (χ3n) is 0.780. The van der Waals surface area contributed by atoms with Gasteiger partial charge >= 0.3 is 0 Å². The molecule has 0 saturated carbocycles. The van der Waals surface area contributed by atoms with Gasteiger partial charge in [0, 0.05) is 0 Å². The highest BCUT2D eigenvalue weighted by Gasteiger charge is 2.14. The van der Waals surface area contributed by atoms with Gasteiger partial charge in [-0.25, -0.2) is 0 Å². The first-order valence-corrected chi connectivity index (χ1v) is 7.64. The summed E-state index contributed by atoms with van der Waals surface area (Å²) in [7, 11) is 0. The van der Waals surface area contributed by atoms with Crippen LogP contribution in [0.2, 0.25) is 0 Å². The van der Waals surface area contributed by atoms with Crippen molar-refractivity contribution in [2.45, 2.75) is 0 Å². The molecule has 0 amide bonds. The lowest BCUT2D eigenvalue weighted by atomic mass is 11.6. The Morgan fingerprint density at radius 2 is 1.88 bits per heavy atom. The molecule has 5 heteroatoms. The van der Waals surface area contributed by atoms with Gasteiger partial charge in [-0.2, -0.15) is 0 Å². The minimum Gasteiger partial charge on any atom is -0.323 e. The zero-order valence-electron chi connectivity index (χ0n) is 4.96. The van der Waals surface area contributed by atoms with Gasteiger partial charge in [0.05, 0.1) is 6.29 Å². The smallest absolute Gasteiger partial charge is 0.203 e. The fraction of sp³-hybridized carbons (Fsp3) is 1.00. The summed E-state index contributed by atoms with van der Waals surface area (Å²) in [5, 5.41) is 0. The average molecular weight is 171 g/mol. The van der Waals surface area contributed by atoms with Crippen molar-refractivity contribution >= 4 is 28.3 Å². The molecule has 0 aromatic rings. The maximum atomic E-state index is 11.1. The lowest BCUT2D eigenvalue weighted by Crippen LogP contribution is -1.94. The lowest BCUT2D eigenvalue weighted by molar-refractivity contribution is 0.594. The molecular weight excluding hydrogens is 161 g/mol.